The summed E-state index contributed by atoms with van der Waals surface area (Å²) in [5.74, 6) is 2.55. The van der Waals surface area contributed by atoms with Crippen LogP contribution in [0.4, 0.5) is 4.79 Å². The van der Waals surface area contributed by atoms with E-state index in [1.807, 2.05) is 24.0 Å². The highest BCUT2D eigenvalue weighted by Crippen LogP contribution is 2.33. The smallest absolute Gasteiger partial charge is 0.318 e. The van der Waals surface area contributed by atoms with Gasteiger partial charge in [-0.2, -0.15) is 4.98 Å². The number of urea groups is 1. The standard InChI is InChI=1S/C17H24N4O4/c1-4-13(16-18-11(2)25-20-16)19-17(22)21-9-5-6-14(21)15-8-7-12(24-15)10-23-3/h7-8,13-14H,4-6,9-10H2,1-3H3,(H,19,22)/t13-,14+/m1/s1. The van der Waals surface area contributed by atoms with Gasteiger partial charge in [0.25, 0.3) is 0 Å². The zero-order valence-corrected chi connectivity index (χ0v) is 14.8. The van der Waals surface area contributed by atoms with E-state index in [0.29, 0.717) is 31.3 Å². The van der Waals surface area contributed by atoms with E-state index in [0.717, 1.165) is 24.4 Å². The molecule has 2 aromatic rings. The van der Waals surface area contributed by atoms with E-state index in [1.165, 1.54) is 0 Å². The van der Waals surface area contributed by atoms with Gasteiger partial charge in [-0.3, -0.25) is 0 Å². The topological polar surface area (TPSA) is 93.6 Å². The lowest BCUT2D eigenvalue weighted by Crippen LogP contribution is -2.41. The molecule has 136 valence electrons. The molecule has 25 heavy (non-hydrogen) atoms. The number of aromatic nitrogens is 2. The zero-order valence-electron chi connectivity index (χ0n) is 14.8. The highest BCUT2D eigenvalue weighted by atomic mass is 16.5. The number of rotatable bonds is 6. The molecule has 1 aliphatic rings. The van der Waals surface area contributed by atoms with Gasteiger partial charge in [-0.05, 0) is 31.4 Å². The molecule has 0 saturated carbocycles. The van der Waals surface area contributed by atoms with E-state index in [4.69, 9.17) is 13.7 Å². The molecular formula is C17H24N4O4. The molecule has 1 saturated heterocycles. The van der Waals surface area contributed by atoms with Crippen LogP contribution in [0.25, 0.3) is 0 Å². The van der Waals surface area contributed by atoms with Gasteiger partial charge in [0.15, 0.2) is 5.82 Å². The Kier molecular flexibility index (Phi) is 5.37. The highest BCUT2D eigenvalue weighted by Gasteiger charge is 2.33. The number of carbonyl (C=O) groups excluding carboxylic acids is 1. The van der Waals surface area contributed by atoms with Crippen molar-refractivity contribution in [2.24, 2.45) is 0 Å². The second-order valence-corrected chi connectivity index (χ2v) is 6.17. The molecule has 8 heteroatoms. The first-order chi connectivity index (χ1) is 12.1. The number of nitrogens with one attached hydrogen (secondary N) is 1. The Labute approximate surface area is 146 Å². The molecule has 3 heterocycles. The predicted octanol–water partition coefficient (Wildman–Crippen LogP) is 3.12. The van der Waals surface area contributed by atoms with Crippen LogP contribution in [-0.2, 0) is 11.3 Å². The number of likely N-dealkylation sites (tertiary alicyclic amines) is 1. The average molecular weight is 348 g/mol. The number of hydrogen-bond acceptors (Lipinski definition) is 6. The second kappa shape index (κ2) is 7.69. The van der Waals surface area contributed by atoms with Crippen molar-refractivity contribution < 1.29 is 18.5 Å². The Morgan fingerprint density at radius 3 is 3.04 bits per heavy atom. The molecule has 0 unspecified atom stereocenters. The van der Waals surface area contributed by atoms with Crippen molar-refractivity contribution in [3.05, 3.63) is 35.4 Å². The zero-order chi connectivity index (χ0) is 17.8. The summed E-state index contributed by atoms with van der Waals surface area (Å²) in [7, 11) is 1.63. The third-order valence-corrected chi connectivity index (χ3v) is 4.37. The van der Waals surface area contributed by atoms with Crippen molar-refractivity contribution in [2.45, 2.75) is 51.8 Å². The van der Waals surface area contributed by atoms with Gasteiger partial charge in [-0.1, -0.05) is 12.1 Å². The van der Waals surface area contributed by atoms with E-state index in [-0.39, 0.29) is 18.1 Å². The van der Waals surface area contributed by atoms with Crippen molar-refractivity contribution in [2.75, 3.05) is 13.7 Å². The first-order valence-electron chi connectivity index (χ1n) is 8.57. The third kappa shape index (κ3) is 3.84. The SMILES string of the molecule is CC[C@@H](NC(=O)N1CCC[C@H]1c1ccc(COC)o1)c1noc(C)n1. The summed E-state index contributed by atoms with van der Waals surface area (Å²) in [5.41, 5.74) is 0. The van der Waals surface area contributed by atoms with Crippen LogP contribution >= 0.6 is 0 Å². The fourth-order valence-corrected chi connectivity index (χ4v) is 3.14. The van der Waals surface area contributed by atoms with Crippen molar-refractivity contribution in [1.29, 1.82) is 0 Å². The Morgan fingerprint density at radius 1 is 1.52 bits per heavy atom. The Hall–Kier alpha value is -2.35. The van der Waals surface area contributed by atoms with Crippen LogP contribution in [0, 0.1) is 6.92 Å². The average Bonchev–Trinajstić information content (AvgIpc) is 3.32. The van der Waals surface area contributed by atoms with E-state index < -0.39 is 0 Å². The molecule has 2 atom stereocenters. The number of aryl methyl sites for hydroxylation is 1. The normalized spacial score (nSPS) is 18.5. The molecule has 0 radical (unpaired) electrons. The quantitative estimate of drug-likeness (QED) is 0.862. The lowest BCUT2D eigenvalue weighted by Gasteiger charge is -2.25. The fourth-order valence-electron chi connectivity index (χ4n) is 3.14. The molecule has 0 spiro atoms. The fraction of sp³-hybridized carbons (Fsp3) is 0.588. The first-order valence-corrected chi connectivity index (χ1v) is 8.57. The van der Waals surface area contributed by atoms with Gasteiger partial charge in [0, 0.05) is 20.6 Å². The summed E-state index contributed by atoms with van der Waals surface area (Å²) < 4.78 is 15.9. The molecule has 0 aromatic carbocycles. The van der Waals surface area contributed by atoms with Gasteiger partial charge in [-0.25, -0.2) is 4.79 Å². The van der Waals surface area contributed by atoms with Crippen molar-refractivity contribution in [1.82, 2.24) is 20.4 Å². The van der Waals surface area contributed by atoms with Crippen molar-refractivity contribution in [3.8, 4) is 0 Å². The van der Waals surface area contributed by atoms with Gasteiger partial charge in [0.05, 0.1) is 12.1 Å². The lowest BCUT2D eigenvalue weighted by molar-refractivity contribution is 0.155. The largest absolute Gasteiger partial charge is 0.461 e. The first kappa shape index (κ1) is 17.5. The van der Waals surface area contributed by atoms with Crippen LogP contribution in [-0.4, -0.2) is 34.7 Å². The van der Waals surface area contributed by atoms with Gasteiger partial charge in [0.1, 0.15) is 18.1 Å². The maximum absolute atomic E-state index is 12.8. The predicted molar refractivity (Wildman–Crippen MR) is 88.7 cm³/mol. The minimum Gasteiger partial charge on any atom is -0.461 e. The summed E-state index contributed by atoms with van der Waals surface area (Å²) in [5, 5.41) is 6.92. The van der Waals surface area contributed by atoms with Crippen LogP contribution in [0.3, 0.4) is 0 Å². The van der Waals surface area contributed by atoms with Gasteiger partial charge >= 0.3 is 6.03 Å². The highest BCUT2D eigenvalue weighted by molar-refractivity contribution is 5.75. The van der Waals surface area contributed by atoms with Crippen LogP contribution < -0.4 is 5.32 Å². The molecule has 1 fully saturated rings. The Bertz CT molecular complexity index is 711. The number of ether oxygens (including phenoxy) is 1. The lowest BCUT2D eigenvalue weighted by atomic mass is 10.1. The number of carbonyl (C=O) groups is 1. The maximum atomic E-state index is 12.8. The summed E-state index contributed by atoms with van der Waals surface area (Å²) in [6, 6.07) is 3.35. The van der Waals surface area contributed by atoms with Gasteiger partial charge in [-0.15, -0.1) is 0 Å². The minimum absolute atomic E-state index is 0.0601. The van der Waals surface area contributed by atoms with Gasteiger partial charge < -0.3 is 23.9 Å². The second-order valence-electron chi connectivity index (χ2n) is 6.17. The third-order valence-electron chi connectivity index (χ3n) is 4.37. The molecular weight excluding hydrogens is 324 g/mol. The van der Waals surface area contributed by atoms with Crippen molar-refractivity contribution in [3.63, 3.8) is 0 Å². The maximum Gasteiger partial charge on any atom is 0.318 e. The van der Waals surface area contributed by atoms with Crippen molar-refractivity contribution >= 4 is 6.03 Å². The number of methoxy groups -OCH3 is 1. The molecule has 3 rings (SSSR count). The summed E-state index contributed by atoms with van der Waals surface area (Å²) in [6.07, 6.45) is 2.50. The number of hydrogen-bond donors (Lipinski definition) is 1. The summed E-state index contributed by atoms with van der Waals surface area (Å²) in [4.78, 5) is 18.8. The molecule has 2 amide bonds. The summed E-state index contributed by atoms with van der Waals surface area (Å²) in [6.45, 7) is 4.82. The Balaban J connectivity index is 1.69. The number of amides is 2. The van der Waals surface area contributed by atoms with Crippen LogP contribution in [0.5, 0.6) is 0 Å². The summed E-state index contributed by atoms with van der Waals surface area (Å²) >= 11 is 0. The molecule has 1 N–H and O–H groups in total. The van der Waals surface area contributed by atoms with E-state index in [2.05, 4.69) is 15.5 Å². The van der Waals surface area contributed by atoms with Crippen LogP contribution in [0.1, 0.15) is 61.5 Å². The monoisotopic (exact) mass is 348 g/mol. The van der Waals surface area contributed by atoms with E-state index in [9.17, 15) is 4.79 Å². The van der Waals surface area contributed by atoms with Crippen LogP contribution in [0.15, 0.2) is 21.1 Å². The van der Waals surface area contributed by atoms with E-state index >= 15 is 0 Å². The number of nitrogens with zero attached hydrogens (tertiary/aromatic N) is 3. The molecule has 8 nitrogen and oxygen atoms in total. The molecule has 0 bridgehead atoms. The number of furan rings is 1. The molecule has 2 aromatic heterocycles. The molecule has 0 aliphatic carbocycles. The van der Waals surface area contributed by atoms with Gasteiger partial charge in [0.2, 0.25) is 5.89 Å². The van der Waals surface area contributed by atoms with Crippen LogP contribution in [0.2, 0.25) is 0 Å². The molecule has 1 aliphatic heterocycles. The minimum atomic E-state index is -0.271. The van der Waals surface area contributed by atoms with E-state index in [1.54, 1.807) is 14.0 Å². The Morgan fingerprint density at radius 2 is 2.36 bits per heavy atom.